The van der Waals surface area contributed by atoms with Gasteiger partial charge in [-0.1, -0.05) is 28.4 Å². The summed E-state index contributed by atoms with van der Waals surface area (Å²) in [6.45, 7) is 2.25. The van der Waals surface area contributed by atoms with E-state index in [1.165, 1.54) is 0 Å². The van der Waals surface area contributed by atoms with Gasteiger partial charge >= 0.3 is 0 Å². The fourth-order valence-electron chi connectivity index (χ4n) is 1.43. The number of benzene rings is 1. The van der Waals surface area contributed by atoms with Gasteiger partial charge < -0.3 is 5.73 Å². The van der Waals surface area contributed by atoms with Crippen molar-refractivity contribution in [3.05, 3.63) is 39.6 Å². The Labute approximate surface area is 103 Å². The van der Waals surface area contributed by atoms with Gasteiger partial charge in [-0.15, -0.1) is 5.10 Å². The molecule has 0 saturated carbocycles. The van der Waals surface area contributed by atoms with Crippen LogP contribution in [0.25, 0.3) is 5.69 Å². The molecular weight excluding hydrogens is 247 g/mol. The van der Waals surface area contributed by atoms with Gasteiger partial charge in [-0.3, -0.25) is 0 Å². The maximum absolute atomic E-state index is 6.08. The van der Waals surface area contributed by atoms with E-state index in [0.717, 1.165) is 17.1 Å². The number of nitrogens with zero attached hydrogens (tertiary/aromatic N) is 3. The lowest BCUT2D eigenvalue weighted by Gasteiger charge is -2.06. The van der Waals surface area contributed by atoms with Gasteiger partial charge in [-0.25, -0.2) is 4.68 Å². The van der Waals surface area contributed by atoms with Crippen molar-refractivity contribution in [3.63, 3.8) is 0 Å². The van der Waals surface area contributed by atoms with Crippen LogP contribution in [0.2, 0.25) is 10.0 Å². The molecule has 0 bridgehead atoms. The summed E-state index contributed by atoms with van der Waals surface area (Å²) in [5.74, 6) is 0. The quantitative estimate of drug-likeness (QED) is 0.898. The Hall–Kier alpha value is -1.10. The third-order valence-electron chi connectivity index (χ3n) is 2.32. The lowest BCUT2D eigenvalue weighted by molar-refractivity contribution is 0.783. The first-order valence-electron chi connectivity index (χ1n) is 4.70. The number of hydrogen-bond acceptors (Lipinski definition) is 3. The van der Waals surface area contributed by atoms with E-state index in [2.05, 4.69) is 10.3 Å². The SMILES string of the molecule is Cc1c(CN)nnn1-c1ccc(Cl)cc1Cl. The first-order valence-corrected chi connectivity index (χ1v) is 5.45. The molecule has 1 heterocycles. The molecule has 6 heteroatoms. The van der Waals surface area contributed by atoms with Gasteiger partial charge in [-0.2, -0.15) is 0 Å². The van der Waals surface area contributed by atoms with E-state index in [1.807, 2.05) is 6.92 Å². The summed E-state index contributed by atoms with van der Waals surface area (Å²) in [6, 6.07) is 5.22. The van der Waals surface area contributed by atoms with E-state index in [1.54, 1.807) is 22.9 Å². The van der Waals surface area contributed by atoms with Crippen LogP contribution >= 0.6 is 23.2 Å². The Bertz CT molecular complexity index is 522. The van der Waals surface area contributed by atoms with Crippen LogP contribution in [0.4, 0.5) is 0 Å². The van der Waals surface area contributed by atoms with Gasteiger partial charge in [-0.05, 0) is 25.1 Å². The van der Waals surface area contributed by atoms with Gasteiger partial charge in [0.15, 0.2) is 0 Å². The molecule has 0 saturated heterocycles. The smallest absolute Gasteiger partial charge is 0.0996 e. The van der Waals surface area contributed by atoms with Crippen molar-refractivity contribution in [1.29, 1.82) is 0 Å². The van der Waals surface area contributed by atoms with Gasteiger partial charge in [0.2, 0.25) is 0 Å². The molecule has 2 N–H and O–H groups in total. The summed E-state index contributed by atoms with van der Waals surface area (Å²) in [5, 5.41) is 9.10. The Kier molecular flexibility index (Phi) is 3.14. The largest absolute Gasteiger partial charge is 0.325 e. The second-order valence-corrected chi connectivity index (χ2v) is 4.18. The standard InChI is InChI=1S/C10H10Cl2N4/c1-6-9(5-13)14-15-16(6)10-3-2-7(11)4-8(10)12/h2-4H,5,13H2,1H3. The highest BCUT2D eigenvalue weighted by molar-refractivity contribution is 6.35. The molecule has 1 aromatic carbocycles. The molecule has 2 aromatic rings. The van der Waals surface area contributed by atoms with E-state index in [4.69, 9.17) is 28.9 Å². The van der Waals surface area contributed by atoms with Crippen molar-refractivity contribution in [1.82, 2.24) is 15.0 Å². The second-order valence-electron chi connectivity index (χ2n) is 3.33. The maximum atomic E-state index is 6.08. The van der Waals surface area contributed by atoms with E-state index in [-0.39, 0.29) is 0 Å². The fraction of sp³-hybridized carbons (Fsp3) is 0.200. The average Bonchev–Trinajstić information content (AvgIpc) is 2.60. The average molecular weight is 257 g/mol. The molecule has 0 aliphatic carbocycles. The van der Waals surface area contributed by atoms with Gasteiger partial charge in [0, 0.05) is 11.6 Å². The minimum atomic E-state index is 0.358. The summed E-state index contributed by atoms with van der Waals surface area (Å²) in [7, 11) is 0. The predicted molar refractivity (Wildman–Crippen MR) is 64.0 cm³/mol. The predicted octanol–water partition coefficient (Wildman–Crippen LogP) is 2.34. The normalized spacial score (nSPS) is 10.8. The van der Waals surface area contributed by atoms with Crippen molar-refractivity contribution < 1.29 is 0 Å². The zero-order chi connectivity index (χ0) is 11.7. The third kappa shape index (κ3) is 1.91. The van der Waals surface area contributed by atoms with Crippen LogP contribution in [0, 0.1) is 6.92 Å². The lowest BCUT2D eigenvalue weighted by atomic mass is 10.3. The Morgan fingerprint density at radius 1 is 1.38 bits per heavy atom. The first kappa shape index (κ1) is 11.4. The Morgan fingerprint density at radius 3 is 2.69 bits per heavy atom. The van der Waals surface area contributed by atoms with Crippen LogP contribution in [0.3, 0.4) is 0 Å². The minimum absolute atomic E-state index is 0.358. The maximum Gasteiger partial charge on any atom is 0.0996 e. The zero-order valence-corrected chi connectivity index (χ0v) is 10.1. The van der Waals surface area contributed by atoms with Crippen molar-refractivity contribution >= 4 is 23.2 Å². The van der Waals surface area contributed by atoms with Crippen molar-refractivity contribution in [2.75, 3.05) is 0 Å². The number of rotatable bonds is 2. The molecule has 0 atom stereocenters. The highest BCUT2D eigenvalue weighted by atomic mass is 35.5. The van der Waals surface area contributed by atoms with Crippen LogP contribution in [0.1, 0.15) is 11.4 Å². The van der Waals surface area contributed by atoms with Crippen molar-refractivity contribution in [2.24, 2.45) is 5.73 Å². The van der Waals surface area contributed by atoms with Crippen LogP contribution in [0.5, 0.6) is 0 Å². The molecule has 0 fully saturated rings. The van der Waals surface area contributed by atoms with E-state index < -0.39 is 0 Å². The molecule has 0 aliphatic heterocycles. The molecule has 0 unspecified atom stereocenters. The molecular formula is C10H10Cl2N4. The van der Waals surface area contributed by atoms with Gasteiger partial charge in [0.25, 0.3) is 0 Å². The molecule has 16 heavy (non-hydrogen) atoms. The summed E-state index contributed by atoms with van der Waals surface area (Å²) < 4.78 is 1.65. The first-order chi connectivity index (χ1) is 7.63. The van der Waals surface area contributed by atoms with Crippen LogP contribution in [-0.4, -0.2) is 15.0 Å². The molecule has 4 nitrogen and oxygen atoms in total. The minimum Gasteiger partial charge on any atom is -0.325 e. The van der Waals surface area contributed by atoms with Crippen LogP contribution in [0.15, 0.2) is 18.2 Å². The molecule has 0 amide bonds. The molecule has 84 valence electrons. The number of halogens is 2. The monoisotopic (exact) mass is 256 g/mol. The highest BCUT2D eigenvalue weighted by Crippen LogP contribution is 2.24. The van der Waals surface area contributed by atoms with Crippen molar-refractivity contribution in [3.8, 4) is 5.69 Å². The topological polar surface area (TPSA) is 56.7 Å². The lowest BCUT2D eigenvalue weighted by Crippen LogP contribution is -2.02. The number of hydrogen-bond donors (Lipinski definition) is 1. The van der Waals surface area contributed by atoms with E-state index in [9.17, 15) is 0 Å². The molecule has 0 spiro atoms. The molecule has 0 radical (unpaired) electrons. The van der Waals surface area contributed by atoms with E-state index >= 15 is 0 Å². The summed E-state index contributed by atoms with van der Waals surface area (Å²) >= 11 is 11.9. The van der Waals surface area contributed by atoms with Gasteiger partial charge in [0.05, 0.1) is 22.1 Å². The summed E-state index contributed by atoms with van der Waals surface area (Å²) in [5.41, 5.74) is 7.92. The molecule has 0 aliphatic rings. The fourth-order valence-corrected chi connectivity index (χ4v) is 1.92. The third-order valence-corrected chi connectivity index (χ3v) is 2.86. The Balaban J connectivity index is 2.54. The molecule has 1 aromatic heterocycles. The second kappa shape index (κ2) is 4.41. The zero-order valence-electron chi connectivity index (χ0n) is 8.61. The van der Waals surface area contributed by atoms with Crippen LogP contribution in [-0.2, 0) is 6.54 Å². The number of nitrogens with two attached hydrogens (primary N) is 1. The number of aromatic nitrogens is 3. The van der Waals surface area contributed by atoms with Crippen LogP contribution < -0.4 is 5.73 Å². The Morgan fingerprint density at radius 2 is 2.12 bits per heavy atom. The summed E-state index contributed by atoms with van der Waals surface area (Å²) in [4.78, 5) is 0. The highest BCUT2D eigenvalue weighted by Gasteiger charge is 2.11. The van der Waals surface area contributed by atoms with E-state index in [0.29, 0.717) is 16.6 Å². The summed E-state index contributed by atoms with van der Waals surface area (Å²) in [6.07, 6.45) is 0. The molecule has 2 rings (SSSR count). The van der Waals surface area contributed by atoms with Gasteiger partial charge in [0.1, 0.15) is 0 Å². The van der Waals surface area contributed by atoms with Crippen molar-refractivity contribution in [2.45, 2.75) is 13.5 Å².